The molecule has 2 heterocycles. The van der Waals surface area contributed by atoms with E-state index in [-0.39, 0.29) is 5.82 Å². The van der Waals surface area contributed by atoms with E-state index in [2.05, 4.69) is 41.3 Å². The van der Waals surface area contributed by atoms with Gasteiger partial charge in [-0.05, 0) is 41.8 Å². The molecule has 0 N–H and O–H groups in total. The third-order valence-electron chi connectivity index (χ3n) is 4.77. The van der Waals surface area contributed by atoms with Crippen LogP contribution in [0.3, 0.4) is 0 Å². The number of benzene rings is 2. The summed E-state index contributed by atoms with van der Waals surface area (Å²) in [6, 6.07) is 23.3. The van der Waals surface area contributed by atoms with Gasteiger partial charge in [0.25, 0.3) is 0 Å². The Labute approximate surface area is 153 Å². The fourth-order valence-corrected chi connectivity index (χ4v) is 3.35. The van der Waals surface area contributed by atoms with Crippen LogP contribution in [0.2, 0.25) is 0 Å². The Hall–Kier alpha value is -2.78. The van der Waals surface area contributed by atoms with Crippen molar-refractivity contribution in [2.45, 2.75) is 13.0 Å². The van der Waals surface area contributed by atoms with Crippen molar-refractivity contribution in [1.29, 1.82) is 0 Å². The molecule has 0 radical (unpaired) electrons. The first-order valence-corrected chi connectivity index (χ1v) is 8.96. The summed E-state index contributed by atoms with van der Waals surface area (Å²) in [6.07, 6.45) is 3.22. The lowest BCUT2D eigenvalue weighted by molar-refractivity contribution is 0.290. The zero-order chi connectivity index (χ0) is 17.8. The van der Waals surface area contributed by atoms with Crippen LogP contribution < -0.4 is 0 Å². The van der Waals surface area contributed by atoms with E-state index < -0.39 is 0 Å². The molecule has 0 atom stereocenters. The molecule has 4 rings (SSSR count). The van der Waals surface area contributed by atoms with Gasteiger partial charge in [0.05, 0.1) is 11.4 Å². The van der Waals surface area contributed by atoms with E-state index in [1.807, 2.05) is 30.3 Å². The highest BCUT2D eigenvalue weighted by molar-refractivity contribution is 5.66. The molecule has 0 saturated carbocycles. The van der Waals surface area contributed by atoms with Crippen LogP contribution in [0.25, 0.3) is 16.8 Å². The van der Waals surface area contributed by atoms with Crippen LogP contribution >= 0.6 is 0 Å². The fraction of sp³-hybridized carbons (Fsp3) is 0.174. The van der Waals surface area contributed by atoms with E-state index >= 15 is 0 Å². The van der Waals surface area contributed by atoms with E-state index in [4.69, 9.17) is 4.98 Å². The molecule has 0 saturated heterocycles. The van der Waals surface area contributed by atoms with Crippen molar-refractivity contribution in [3.63, 3.8) is 0 Å². The van der Waals surface area contributed by atoms with Crippen molar-refractivity contribution in [3.05, 3.63) is 95.9 Å². The number of pyridine rings is 1. The molecule has 0 aliphatic carbocycles. The summed E-state index contributed by atoms with van der Waals surface area (Å²) in [5.74, 6) is -0.184. The zero-order valence-electron chi connectivity index (χ0n) is 14.6. The third-order valence-corrected chi connectivity index (χ3v) is 4.77. The maximum Gasteiger partial charge on any atom is 0.123 e. The average molecular weight is 344 g/mol. The van der Waals surface area contributed by atoms with Crippen LogP contribution in [0.5, 0.6) is 0 Å². The van der Waals surface area contributed by atoms with Gasteiger partial charge in [-0.15, -0.1) is 0 Å². The number of hydrogen-bond donors (Lipinski definition) is 0. The van der Waals surface area contributed by atoms with Crippen LogP contribution in [0.4, 0.5) is 4.39 Å². The first kappa shape index (κ1) is 16.7. The molecule has 130 valence electrons. The Morgan fingerprint density at radius 2 is 1.65 bits per heavy atom. The number of halogens is 1. The van der Waals surface area contributed by atoms with Gasteiger partial charge < -0.3 is 0 Å². The van der Waals surface area contributed by atoms with Crippen LogP contribution in [-0.2, 0) is 6.54 Å². The molecule has 1 aliphatic rings. The Kier molecular flexibility index (Phi) is 4.89. The summed E-state index contributed by atoms with van der Waals surface area (Å²) in [6.45, 7) is 2.72. The van der Waals surface area contributed by atoms with Gasteiger partial charge in [0, 0.05) is 25.2 Å². The second kappa shape index (κ2) is 7.63. The topological polar surface area (TPSA) is 16.1 Å². The quantitative estimate of drug-likeness (QED) is 0.648. The molecule has 26 heavy (non-hydrogen) atoms. The summed E-state index contributed by atoms with van der Waals surface area (Å²) in [5, 5.41) is 0. The molecule has 0 spiro atoms. The van der Waals surface area contributed by atoms with Crippen LogP contribution in [-0.4, -0.2) is 23.0 Å². The van der Waals surface area contributed by atoms with Gasteiger partial charge in [0.1, 0.15) is 5.82 Å². The van der Waals surface area contributed by atoms with Gasteiger partial charge in [-0.3, -0.25) is 9.88 Å². The number of hydrogen-bond acceptors (Lipinski definition) is 2. The van der Waals surface area contributed by atoms with E-state index in [0.717, 1.165) is 48.6 Å². The highest BCUT2D eigenvalue weighted by Crippen LogP contribution is 2.24. The van der Waals surface area contributed by atoms with Crippen molar-refractivity contribution >= 4 is 5.57 Å². The molecular formula is C23H21FN2. The van der Waals surface area contributed by atoms with Crippen molar-refractivity contribution in [2.24, 2.45) is 0 Å². The van der Waals surface area contributed by atoms with Crippen LogP contribution in [0.15, 0.2) is 78.9 Å². The molecule has 1 aliphatic heterocycles. The summed E-state index contributed by atoms with van der Waals surface area (Å²) >= 11 is 0. The van der Waals surface area contributed by atoms with Gasteiger partial charge in [0.15, 0.2) is 0 Å². The number of rotatable bonds is 4. The van der Waals surface area contributed by atoms with Crippen molar-refractivity contribution in [1.82, 2.24) is 9.88 Å². The highest BCUT2D eigenvalue weighted by atomic mass is 19.1. The predicted octanol–water partition coefficient (Wildman–Crippen LogP) is 5.18. The second-order valence-corrected chi connectivity index (χ2v) is 6.60. The summed E-state index contributed by atoms with van der Waals surface area (Å²) in [4.78, 5) is 7.21. The molecule has 2 nitrogen and oxygen atoms in total. The Morgan fingerprint density at radius 3 is 2.38 bits per heavy atom. The lowest BCUT2D eigenvalue weighted by atomic mass is 9.99. The summed E-state index contributed by atoms with van der Waals surface area (Å²) in [5.41, 5.74) is 5.67. The van der Waals surface area contributed by atoms with E-state index in [0.29, 0.717) is 0 Å². The predicted molar refractivity (Wildman–Crippen MR) is 104 cm³/mol. The molecule has 0 fully saturated rings. The maximum absolute atomic E-state index is 13.1. The monoisotopic (exact) mass is 344 g/mol. The highest BCUT2D eigenvalue weighted by Gasteiger charge is 2.14. The standard InChI is InChI=1S/C23H21FN2/c24-21-11-9-18(10-12-21)19-13-15-26(16-14-19)17-22-7-4-8-23(25-22)20-5-2-1-3-6-20/h1-13H,14-17H2. The van der Waals surface area contributed by atoms with Gasteiger partial charge in [-0.1, -0.05) is 54.6 Å². The lowest BCUT2D eigenvalue weighted by Crippen LogP contribution is -2.28. The number of aromatic nitrogens is 1. The summed E-state index contributed by atoms with van der Waals surface area (Å²) < 4.78 is 13.1. The first-order chi connectivity index (χ1) is 12.8. The van der Waals surface area contributed by atoms with E-state index in [9.17, 15) is 4.39 Å². The molecule has 0 unspecified atom stereocenters. The first-order valence-electron chi connectivity index (χ1n) is 8.96. The second-order valence-electron chi connectivity index (χ2n) is 6.60. The molecule has 1 aromatic heterocycles. The van der Waals surface area contributed by atoms with Crippen molar-refractivity contribution in [3.8, 4) is 11.3 Å². The van der Waals surface area contributed by atoms with Gasteiger partial charge >= 0.3 is 0 Å². The zero-order valence-corrected chi connectivity index (χ0v) is 14.6. The molecule has 0 bridgehead atoms. The molecule has 3 heteroatoms. The summed E-state index contributed by atoms with van der Waals surface area (Å²) in [7, 11) is 0. The van der Waals surface area contributed by atoms with Gasteiger partial charge in [-0.25, -0.2) is 4.39 Å². The minimum absolute atomic E-state index is 0.184. The fourth-order valence-electron chi connectivity index (χ4n) is 3.35. The minimum Gasteiger partial charge on any atom is -0.294 e. The minimum atomic E-state index is -0.184. The SMILES string of the molecule is Fc1ccc(C2=CCN(Cc3cccc(-c4ccccc4)n3)CC2)cc1. The Morgan fingerprint density at radius 1 is 0.846 bits per heavy atom. The van der Waals surface area contributed by atoms with Gasteiger partial charge in [0.2, 0.25) is 0 Å². The van der Waals surface area contributed by atoms with E-state index in [1.54, 1.807) is 0 Å². The normalized spacial score (nSPS) is 14.9. The third kappa shape index (κ3) is 3.89. The smallest absolute Gasteiger partial charge is 0.123 e. The van der Waals surface area contributed by atoms with Crippen LogP contribution in [0.1, 0.15) is 17.7 Å². The van der Waals surface area contributed by atoms with Crippen LogP contribution in [0, 0.1) is 5.82 Å². The molecular weight excluding hydrogens is 323 g/mol. The average Bonchev–Trinajstić information content (AvgIpc) is 2.70. The van der Waals surface area contributed by atoms with Crippen molar-refractivity contribution < 1.29 is 4.39 Å². The molecule has 2 aromatic carbocycles. The molecule has 0 amide bonds. The number of nitrogens with zero attached hydrogens (tertiary/aromatic N) is 2. The lowest BCUT2D eigenvalue weighted by Gasteiger charge is -2.26. The Bertz CT molecular complexity index is 901. The van der Waals surface area contributed by atoms with Gasteiger partial charge in [-0.2, -0.15) is 0 Å². The Balaban J connectivity index is 1.44. The molecule has 3 aromatic rings. The maximum atomic E-state index is 13.1. The van der Waals surface area contributed by atoms with E-state index in [1.165, 1.54) is 17.7 Å². The largest absolute Gasteiger partial charge is 0.294 e. The van der Waals surface area contributed by atoms with Crippen molar-refractivity contribution in [2.75, 3.05) is 13.1 Å².